The lowest BCUT2D eigenvalue weighted by Gasteiger charge is -2.24. The minimum absolute atomic E-state index is 0.167. The highest BCUT2D eigenvalue weighted by molar-refractivity contribution is 7.98. The van der Waals surface area contributed by atoms with Crippen molar-refractivity contribution in [2.75, 3.05) is 30.9 Å². The fraction of sp³-hybridized carbons (Fsp3) is 0.321. The SMILES string of the molecule is CCOC(=O)C1=C(C)N=c2s/c(=C\c3ccc(N(CC)CC)cc3)c(=O)n2[C@@H]1c1ccc(SC)cc1. The van der Waals surface area contributed by atoms with Crippen LogP contribution >= 0.6 is 23.1 Å². The minimum Gasteiger partial charge on any atom is -0.463 e. The van der Waals surface area contributed by atoms with Crippen LogP contribution in [0.2, 0.25) is 0 Å². The van der Waals surface area contributed by atoms with Crippen LogP contribution in [0.4, 0.5) is 5.69 Å². The molecule has 1 aliphatic heterocycles. The van der Waals surface area contributed by atoms with Crippen LogP contribution in [0.1, 0.15) is 44.9 Å². The van der Waals surface area contributed by atoms with Crippen molar-refractivity contribution in [3.8, 4) is 0 Å². The highest BCUT2D eigenvalue weighted by Gasteiger charge is 2.33. The van der Waals surface area contributed by atoms with Crippen LogP contribution in [-0.2, 0) is 9.53 Å². The van der Waals surface area contributed by atoms with E-state index in [1.54, 1.807) is 30.2 Å². The molecule has 0 amide bonds. The molecule has 0 fully saturated rings. The number of benzene rings is 2. The van der Waals surface area contributed by atoms with Crippen LogP contribution in [0.25, 0.3) is 6.08 Å². The maximum absolute atomic E-state index is 13.7. The van der Waals surface area contributed by atoms with Crippen LogP contribution in [-0.4, -0.2) is 36.5 Å². The molecule has 0 N–H and O–H groups in total. The van der Waals surface area contributed by atoms with Gasteiger partial charge in [-0.25, -0.2) is 9.79 Å². The summed E-state index contributed by atoms with van der Waals surface area (Å²) in [6.45, 7) is 9.98. The Morgan fingerprint density at radius 2 is 1.78 bits per heavy atom. The van der Waals surface area contributed by atoms with Gasteiger partial charge in [0.05, 0.1) is 28.5 Å². The maximum Gasteiger partial charge on any atom is 0.338 e. The van der Waals surface area contributed by atoms with Gasteiger partial charge in [0.15, 0.2) is 4.80 Å². The molecule has 36 heavy (non-hydrogen) atoms. The van der Waals surface area contributed by atoms with Crippen LogP contribution in [0.3, 0.4) is 0 Å². The normalized spacial score (nSPS) is 15.5. The highest BCUT2D eigenvalue weighted by atomic mass is 32.2. The first kappa shape index (κ1) is 26.0. The van der Waals surface area contributed by atoms with Crippen LogP contribution in [0.15, 0.2) is 74.5 Å². The summed E-state index contributed by atoms with van der Waals surface area (Å²) in [5.41, 5.74) is 3.75. The van der Waals surface area contributed by atoms with Gasteiger partial charge in [-0.2, -0.15) is 0 Å². The van der Waals surface area contributed by atoms with Crippen molar-refractivity contribution in [1.29, 1.82) is 0 Å². The lowest BCUT2D eigenvalue weighted by atomic mass is 9.96. The molecule has 0 saturated carbocycles. The van der Waals surface area contributed by atoms with Gasteiger partial charge in [-0.3, -0.25) is 9.36 Å². The molecule has 4 rings (SSSR count). The molecular weight excluding hydrogens is 490 g/mol. The summed E-state index contributed by atoms with van der Waals surface area (Å²) in [6, 6.07) is 15.6. The monoisotopic (exact) mass is 521 g/mol. The molecule has 6 nitrogen and oxygen atoms in total. The van der Waals surface area contributed by atoms with Gasteiger partial charge in [-0.05, 0) is 75.4 Å². The Labute approximate surface area is 219 Å². The standard InChI is InChI=1S/C28H31N3O3S2/c1-6-30(7-2)21-13-9-19(10-14-21)17-23-26(32)31-25(20-11-15-22(35-5)16-12-20)24(27(33)34-8-3)18(4)29-28(31)36-23/h9-17,25H,6-8H2,1-5H3/b23-17-/t25-/m1/s1. The Morgan fingerprint density at radius 1 is 1.11 bits per heavy atom. The molecule has 0 unspecified atom stereocenters. The summed E-state index contributed by atoms with van der Waals surface area (Å²) in [5, 5.41) is 0. The second-order valence-electron chi connectivity index (χ2n) is 8.34. The molecule has 1 aromatic heterocycles. The predicted octanol–water partition coefficient (Wildman–Crippen LogP) is 4.37. The summed E-state index contributed by atoms with van der Waals surface area (Å²) >= 11 is 2.98. The maximum atomic E-state index is 13.7. The van der Waals surface area contributed by atoms with Crippen LogP contribution < -0.4 is 19.8 Å². The van der Waals surface area contributed by atoms with E-state index in [4.69, 9.17) is 4.74 Å². The number of thioether (sulfide) groups is 1. The molecule has 1 atom stereocenters. The zero-order valence-corrected chi connectivity index (χ0v) is 22.9. The van der Waals surface area contributed by atoms with Gasteiger partial charge < -0.3 is 9.64 Å². The van der Waals surface area contributed by atoms with Crippen molar-refractivity contribution >= 4 is 40.8 Å². The zero-order valence-electron chi connectivity index (χ0n) is 21.3. The topological polar surface area (TPSA) is 63.9 Å². The van der Waals surface area contributed by atoms with Crippen molar-refractivity contribution in [2.24, 2.45) is 4.99 Å². The summed E-state index contributed by atoms with van der Waals surface area (Å²) in [7, 11) is 0. The molecule has 0 saturated heterocycles. The number of aromatic nitrogens is 1. The number of carbonyl (C=O) groups excluding carboxylic acids is 1. The van der Waals surface area contributed by atoms with Crippen LogP contribution in [0, 0.1) is 0 Å². The largest absolute Gasteiger partial charge is 0.463 e. The molecular formula is C28H31N3O3S2. The number of thiazole rings is 1. The van der Waals surface area contributed by atoms with E-state index in [-0.39, 0.29) is 12.2 Å². The van der Waals surface area contributed by atoms with Gasteiger partial charge >= 0.3 is 5.97 Å². The third-order valence-corrected chi connectivity index (χ3v) is 7.99. The number of anilines is 1. The first-order valence-electron chi connectivity index (χ1n) is 12.1. The van der Waals surface area contributed by atoms with Crippen LogP contribution in [0.5, 0.6) is 0 Å². The quantitative estimate of drug-likeness (QED) is 0.326. The Morgan fingerprint density at radius 3 is 2.36 bits per heavy atom. The number of fused-ring (bicyclic) bond motifs is 1. The Kier molecular flexibility index (Phi) is 8.16. The van der Waals surface area contributed by atoms with E-state index in [1.165, 1.54) is 11.3 Å². The van der Waals surface area contributed by atoms with E-state index in [0.717, 1.165) is 34.8 Å². The molecule has 0 radical (unpaired) electrons. The van der Waals surface area contributed by atoms with Crippen molar-refractivity contribution in [2.45, 2.75) is 38.6 Å². The van der Waals surface area contributed by atoms with Gasteiger partial charge in [0.1, 0.15) is 0 Å². The van der Waals surface area contributed by atoms with Crippen molar-refractivity contribution < 1.29 is 9.53 Å². The molecule has 0 aliphatic carbocycles. The third kappa shape index (κ3) is 5.06. The molecule has 2 heterocycles. The zero-order chi connectivity index (χ0) is 25.8. The fourth-order valence-electron chi connectivity index (χ4n) is 4.41. The smallest absolute Gasteiger partial charge is 0.338 e. The van der Waals surface area contributed by atoms with Gasteiger partial charge in [0, 0.05) is 23.7 Å². The Hall–Kier alpha value is -3.10. The Balaban J connectivity index is 1.84. The summed E-state index contributed by atoms with van der Waals surface area (Å²) < 4.78 is 7.58. The molecule has 3 aromatic rings. The molecule has 0 spiro atoms. The van der Waals surface area contributed by atoms with E-state index in [0.29, 0.717) is 20.6 Å². The molecule has 8 heteroatoms. The fourth-order valence-corrected chi connectivity index (χ4v) is 5.87. The molecule has 2 aromatic carbocycles. The number of rotatable bonds is 8. The number of allylic oxidation sites excluding steroid dienone is 1. The lowest BCUT2D eigenvalue weighted by Crippen LogP contribution is -2.39. The van der Waals surface area contributed by atoms with E-state index >= 15 is 0 Å². The van der Waals surface area contributed by atoms with E-state index < -0.39 is 12.0 Å². The molecule has 188 valence electrons. The third-order valence-electron chi connectivity index (χ3n) is 6.27. The average molecular weight is 522 g/mol. The summed E-state index contributed by atoms with van der Waals surface area (Å²) in [4.78, 5) is 35.3. The second-order valence-corrected chi connectivity index (χ2v) is 10.2. The van der Waals surface area contributed by atoms with Crippen molar-refractivity contribution in [1.82, 2.24) is 4.57 Å². The number of ether oxygens (including phenoxy) is 1. The average Bonchev–Trinajstić information content (AvgIpc) is 3.19. The minimum atomic E-state index is -0.594. The summed E-state index contributed by atoms with van der Waals surface area (Å²) in [5.74, 6) is -0.445. The summed E-state index contributed by atoms with van der Waals surface area (Å²) in [6.07, 6.45) is 3.91. The predicted molar refractivity (Wildman–Crippen MR) is 149 cm³/mol. The lowest BCUT2D eigenvalue weighted by molar-refractivity contribution is -0.139. The van der Waals surface area contributed by atoms with E-state index in [2.05, 4.69) is 35.9 Å². The second kappa shape index (κ2) is 11.3. The van der Waals surface area contributed by atoms with E-state index in [9.17, 15) is 9.59 Å². The van der Waals surface area contributed by atoms with Gasteiger partial charge in [-0.15, -0.1) is 11.8 Å². The van der Waals surface area contributed by atoms with Gasteiger partial charge in [0.25, 0.3) is 5.56 Å². The van der Waals surface area contributed by atoms with Gasteiger partial charge in [-0.1, -0.05) is 35.6 Å². The number of hydrogen-bond acceptors (Lipinski definition) is 7. The number of carbonyl (C=O) groups is 1. The first-order valence-corrected chi connectivity index (χ1v) is 14.1. The number of hydrogen-bond donors (Lipinski definition) is 0. The number of esters is 1. The Bertz CT molecular complexity index is 1450. The molecule has 0 bridgehead atoms. The molecule has 1 aliphatic rings. The first-order chi connectivity index (χ1) is 17.4. The highest BCUT2D eigenvalue weighted by Crippen LogP contribution is 2.31. The number of nitrogens with zero attached hydrogens (tertiary/aromatic N) is 3. The van der Waals surface area contributed by atoms with Gasteiger partial charge in [0.2, 0.25) is 0 Å². The van der Waals surface area contributed by atoms with Crippen molar-refractivity contribution in [3.05, 3.63) is 90.6 Å². The van der Waals surface area contributed by atoms with Crippen molar-refractivity contribution in [3.63, 3.8) is 0 Å². The van der Waals surface area contributed by atoms with E-state index in [1.807, 2.05) is 48.7 Å².